The van der Waals surface area contributed by atoms with E-state index in [1.54, 1.807) is 31.5 Å². The van der Waals surface area contributed by atoms with Gasteiger partial charge in [0, 0.05) is 23.7 Å². The first kappa shape index (κ1) is 12.8. The number of carbonyl (C=O) groups is 1. The minimum absolute atomic E-state index is 0.357. The van der Waals surface area contributed by atoms with Gasteiger partial charge in [-0.25, -0.2) is 0 Å². The van der Waals surface area contributed by atoms with Gasteiger partial charge in [-0.05, 0) is 35.9 Å². The van der Waals surface area contributed by atoms with Gasteiger partial charge in [0.25, 0.3) is 5.91 Å². The average molecular weight is 257 g/mol. The topological polar surface area (TPSA) is 90.4 Å². The maximum Gasteiger partial charge on any atom is 0.250 e. The molecule has 0 saturated carbocycles. The monoisotopic (exact) mass is 257 g/mol. The maximum absolute atomic E-state index is 11.4. The highest BCUT2D eigenvalue weighted by atomic mass is 16.5. The molecule has 5 N–H and O–H groups in total. The molecule has 1 aliphatic heterocycles. The lowest BCUT2D eigenvalue weighted by atomic mass is 9.98. The molecule has 0 aromatic heterocycles. The number of hydrogen-bond acceptors (Lipinski definition) is 4. The summed E-state index contributed by atoms with van der Waals surface area (Å²) in [6.45, 7) is 0. The molecule has 1 aromatic carbocycles. The molecule has 1 heterocycles. The molecule has 0 saturated heterocycles. The Morgan fingerprint density at radius 1 is 1.21 bits per heavy atom. The van der Waals surface area contributed by atoms with Crippen LogP contribution in [0.4, 0.5) is 0 Å². The van der Waals surface area contributed by atoms with E-state index in [0.717, 1.165) is 11.3 Å². The molecule has 0 radical (unpaired) electrons. The van der Waals surface area contributed by atoms with Crippen molar-refractivity contribution in [2.45, 2.75) is 0 Å². The molecule has 5 nitrogen and oxygen atoms in total. The average Bonchev–Trinajstić information content (AvgIpc) is 2.46. The number of dihydropyridines is 1. The van der Waals surface area contributed by atoms with Gasteiger partial charge < -0.3 is 21.5 Å². The number of nitrogens with one attached hydrogen (secondary N) is 1. The van der Waals surface area contributed by atoms with Gasteiger partial charge in [0.05, 0.1) is 12.7 Å². The quantitative estimate of drug-likeness (QED) is 0.748. The van der Waals surface area contributed by atoms with Crippen LogP contribution in [0.5, 0.6) is 5.75 Å². The molecule has 0 fully saturated rings. The third-order valence-electron chi connectivity index (χ3n) is 2.82. The van der Waals surface area contributed by atoms with E-state index in [9.17, 15) is 4.79 Å². The summed E-state index contributed by atoms with van der Waals surface area (Å²) >= 11 is 0. The third-order valence-corrected chi connectivity index (χ3v) is 2.82. The van der Waals surface area contributed by atoms with Gasteiger partial charge >= 0.3 is 0 Å². The largest absolute Gasteiger partial charge is 0.497 e. The van der Waals surface area contributed by atoms with E-state index < -0.39 is 5.91 Å². The molecule has 98 valence electrons. The molecule has 0 spiro atoms. The zero-order valence-electron chi connectivity index (χ0n) is 10.5. The standard InChI is InChI=1S/C14H15N3O2/c1-19-10-4-2-9(3-5-10)13(15)11-6-7-17-8-12(11)14(16)18/h2-8,17H,15H2,1H3,(H2,16,18)/b13-11-. The van der Waals surface area contributed by atoms with Crippen molar-refractivity contribution in [3.05, 3.63) is 59.5 Å². The first-order valence-electron chi connectivity index (χ1n) is 5.70. The Kier molecular flexibility index (Phi) is 3.56. The van der Waals surface area contributed by atoms with Crippen molar-refractivity contribution >= 4 is 11.6 Å². The Hall–Kier alpha value is -2.69. The smallest absolute Gasteiger partial charge is 0.250 e. The zero-order valence-corrected chi connectivity index (χ0v) is 10.5. The molecule has 0 bridgehead atoms. The van der Waals surface area contributed by atoms with E-state index in [4.69, 9.17) is 16.2 Å². The zero-order chi connectivity index (χ0) is 13.8. The minimum atomic E-state index is -0.525. The van der Waals surface area contributed by atoms with Crippen LogP contribution >= 0.6 is 0 Å². The fourth-order valence-corrected chi connectivity index (χ4v) is 1.80. The summed E-state index contributed by atoms with van der Waals surface area (Å²) in [6, 6.07) is 7.27. The lowest BCUT2D eigenvalue weighted by Crippen LogP contribution is -2.21. The van der Waals surface area contributed by atoms with E-state index in [1.165, 1.54) is 6.20 Å². The van der Waals surface area contributed by atoms with Crippen LogP contribution in [0.2, 0.25) is 0 Å². The van der Waals surface area contributed by atoms with E-state index >= 15 is 0 Å². The summed E-state index contributed by atoms with van der Waals surface area (Å²) < 4.78 is 5.09. The highest BCUT2D eigenvalue weighted by Gasteiger charge is 2.15. The Bertz CT molecular complexity index is 583. The number of benzene rings is 1. The summed E-state index contributed by atoms with van der Waals surface area (Å²) in [7, 11) is 1.60. The van der Waals surface area contributed by atoms with Gasteiger partial charge in [-0.15, -0.1) is 0 Å². The number of hydrogen-bond donors (Lipinski definition) is 3. The van der Waals surface area contributed by atoms with Gasteiger partial charge in [0.1, 0.15) is 5.75 Å². The number of carbonyl (C=O) groups excluding carboxylic acids is 1. The predicted molar refractivity (Wildman–Crippen MR) is 73.7 cm³/mol. The second-order valence-corrected chi connectivity index (χ2v) is 3.98. The number of allylic oxidation sites excluding steroid dienone is 1. The predicted octanol–water partition coefficient (Wildman–Crippen LogP) is 0.851. The van der Waals surface area contributed by atoms with Crippen LogP contribution < -0.4 is 21.5 Å². The Morgan fingerprint density at radius 2 is 1.89 bits per heavy atom. The Morgan fingerprint density at radius 3 is 2.47 bits per heavy atom. The molecular formula is C14H15N3O2. The summed E-state index contributed by atoms with van der Waals surface area (Å²) in [5, 5.41) is 2.82. The van der Waals surface area contributed by atoms with E-state index in [2.05, 4.69) is 5.32 Å². The fraction of sp³-hybridized carbons (Fsp3) is 0.0714. The van der Waals surface area contributed by atoms with Crippen molar-refractivity contribution in [3.8, 4) is 5.75 Å². The van der Waals surface area contributed by atoms with E-state index in [0.29, 0.717) is 16.8 Å². The van der Waals surface area contributed by atoms with Crippen LogP contribution in [0, 0.1) is 0 Å². The first-order valence-corrected chi connectivity index (χ1v) is 5.70. The summed E-state index contributed by atoms with van der Waals surface area (Å²) in [6.07, 6.45) is 4.95. The lowest BCUT2D eigenvalue weighted by Gasteiger charge is -2.14. The SMILES string of the molecule is COc1ccc(/C(N)=C2\C=CNC=C2C(N)=O)cc1. The van der Waals surface area contributed by atoms with Gasteiger partial charge in [-0.2, -0.15) is 0 Å². The van der Waals surface area contributed by atoms with E-state index in [-0.39, 0.29) is 0 Å². The van der Waals surface area contributed by atoms with Gasteiger partial charge in [-0.3, -0.25) is 4.79 Å². The highest BCUT2D eigenvalue weighted by molar-refractivity contribution is 6.00. The molecule has 0 unspecified atom stereocenters. The Balaban J connectivity index is 2.44. The minimum Gasteiger partial charge on any atom is -0.497 e. The van der Waals surface area contributed by atoms with Gasteiger partial charge in [-0.1, -0.05) is 0 Å². The van der Waals surface area contributed by atoms with Crippen LogP contribution in [-0.4, -0.2) is 13.0 Å². The highest BCUT2D eigenvalue weighted by Crippen LogP contribution is 2.23. The van der Waals surface area contributed by atoms with Crippen molar-refractivity contribution in [1.82, 2.24) is 5.32 Å². The van der Waals surface area contributed by atoms with Crippen LogP contribution in [0.1, 0.15) is 5.56 Å². The molecule has 0 atom stereocenters. The third kappa shape index (κ3) is 2.60. The number of primary amides is 1. The van der Waals surface area contributed by atoms with Crippen LogP contribution in [0.25, 0.3) is 5.70 Å². The summed E-state index contributed by atoms with van der Waals surface area (Å²) in [5.41, 5.74) is 13.7. The lowest BCUT2D eigenvalue weighted by molar-refractivity contribution is -0.114. The second kappa shape index (κ2) is 5.30. The van der Waals surface area contributed by atoms with Crippen molar-refractivity contribution in [2.75, 3.05) is 7.11 Å². The maximum atomic E-state index is 11.4. The van der Waals surface area contributed by atoms with Crippen molar-refractivity contribution in [1.29, 1.82) is 0 Å². The number of nitrogens with two attached hydrogens (primary N) is 2. The number of rotatable bonds is 3. The second-order valence-electron chi connectivity index (χ2n) is 3.98. The van der Waals surface area contributed by atoms with E-state index in [1.807, 2.05) is 12.1 Å². The molecule has 2 rings (SSSR count). The van der Waals surface area contributed by atoms with Crippen molar-refractivity contribution in [3.63, 3.8) is 0 Å². The number of methoxy groups -OCH3 is 1. The fourth-order valence-electron chi connectivity index (χ4n) is 1.80. The summed E-state index contributed by atoms with van der Waals surface area (Å²) in [5.74, 6) is 0.219. The van der Waals surface area contributed by atoms with Crippen LogP contribution in [0.3, 0.4) is 0 Å². The number of ether oxygens (including phenoxy) is 1. The Labute approximate surface area is 111 Å². The molecule has 19 heavy (non-hydrogen) atoms. The molecule has 1 aliphatic rings. The van der Waals surface area contributed by atoms with Gasteiger partial charge in [0.2, 0.25) is 0 Å². The van der Waals surface area contributed by atoms with Crippen LogP contribution in [-0.2, 0) is 4.79 Å². The molecular weight excluding hydrogens is 242 g/mol. The molecule has 1 amide bonds. The van der Waals surface area contributed by atoms with Crippen LogP contribution in [0.15, 0.2) is 53.9 Å². The summed E-state index contributed by atoms with van der Waals surface area (Å²) in [4.78, 5) is 11.4. The van der Waals surface area contributed by atoms with Crippen molar-refractivity contribution in [2.24, 2.45) is 11.5 Å². The molecule has 5 heteroatoms. The molecule has 0 aliphatic carbocycles. The normalized spacial score (nSPS) is 16.4. The first-order chi connectivity index (χ1) is 9.13. The molecule has 1 aromatic rings. The van der Waals surface area contributed by atoms with Crippen molar-refractivity contribution < 1.29 is 9.53 Å². The number of amides is 1. The van der Waals surface area contributed by atoms with Gasteiger partial charge in [0.15, 0.2) is 0 Å².